The molecule has 3 aromatic rings. The Morgan fingerprint density at radius 2 is 1.79 bits per heavy atom. The summed E-state index contributed by atoms with van der Waals surface area (Å²) in [5.74, 6) is -0.159. The molecule has 1 unspecified atom stereocenters. The molecule has 0 spiro atoms. The number of carbonyl (C=O) groups is 1. The number of nitrogen functional groups attached to an aromatic ring is 1. The first-order chi connectivity index (χ1) is 13.7. The lowest BCUT2D eigenvalue weighted by Gasteiger charge is -2.27. The summed E-state index contributed by atoms with van der Waals surface area (Å²) >= 11 is 9.65. The zero-order valence-electron chi connectivity index (χ0n) is 15.1. The van der Waals surface area contributed by atoms with E-state index in [0.29, 0.717) is 21.4 Å². The number of hydrogen-bond donors (Lipinski definition) is 1. The molecule has 0 saturated heterocycles. The number of nitrogens with zero attached hydrogens (tertiary/aromatic N) is 3. The number of benzene rings is 2. The Kier molecular flexibility index (Phi) is 4.90. The van der Waals surface area contributed by atoms with Crippen LogP contribution in [0.25, 0.3) is 0 Å². The number of fused-ring (bicyclic) bond motifs is 1. The number of rotatable bonds is 4. The van der Waals surface area contributed by atoms with Crippen LogP contribution in [-0.2, 0) is 27.8 Å². The normalized spacial score (nSPS) is 19.4. The Morgan fingerprint density at radius 3 is 2.38 bits per heavy atom. The van der Waals surface area contributed by atoms with Crippen LogP contribution >= 0.6 is 23.2 Å². The van der Waals surface area contributed by atoms with Crippen LogP contribution in [0.1, 0.15) is 12.5 Å². The number of nitrogens with two attached hydrogens (primary N) is 1. The molecule has 0 bridgehead atoms. The molecule has 0 aliphatic carbocycles. The SMILES string of the molecule is C[C@@]1(Cc2ccc(N)cc2)C(=O)N(c2cc(Cl)cc(Cl)c2)c2ncc(S(=O)[O-])n21. The van der Waals surface area contributed by atoms with E-state index < -0.39 is 16.6 Å². The van der Waals surface area contributed by atoms with Crippen LogP contribution in [0.2, 0.25) is 10.0 Å². The summed E-state index contributed by atoms with van der Waals surface area (Å²) in [6, 6.07) is 11.8. The van der Waals surface area contributed by atoms with Crippen molar-refractivity contribution in [1.29, 1.82) is 0 Å². The molecule has 1 aliphatic heterocycles. The maximum Gasteiger partial charge on any atom is 0.260 e. The molecule has 1 aliphatic rings. The lowest BCUT2D eigenvalue weighted by atomic mass is 9.92. The maximum atomic E-state index is 13.6. The van der Waals surface area contributed by atoms with Crippen LogP contribution < -0.4 is 10.6 Å². The molecule has 1 amide bonds. The van der Waals surface area contributed by atoms with E-state index in [1.807, 2.05) is 0 Å². The van der Waals surface area contributed by atoms with E-state index >= 15 is 0 Å². The molecular weight excluding hydrogens is 435 g/mol. The largest absolute Gasteiger partial charge is 0.767 e. The molecule has 2 atom stereocenters. The quantitative estimate of drug-likeness (QED) is 0.483. The van der Waals surface area contributed by atoms with Crippen molar-refractivity contribution in [1.82, 2.24) is 9.55 Å². The molecule has 29 heavy (non-hydrogen) atoms. The van der Waals surface area contributed by atoms with Gasteiger partial charge < -0.3 is 10.3 Å². The molecular formula is C19H15Cl2N4O3S-. The standard InChI is InChI=1S/C19H16Cl2N4O3S/c1-19(9-11-2-4-14(22)5-3-11)17(26)24(15-7-12(20)6-13(21)8-15)18-23-10-16(25(18)19)29(27)28/h2-8,10H,9,22H2,1H3,(H,27,28)/p-1/t19-/m1/s1. The lowest BCUT2D eigenvalue weighted by molar-refractivity contribution is -0.124. The summed E-state index contributed by atoms with van der Waals surface area (Å²) in [6.45, 7) is 1.68. The van der Waals surface area contributed by atoms with Crippen molar-refractivity contribution in [2.75, 3.05) is 10.6 Å². The van der Waals surface area contributed by atoms with Gasteiger partial charge in [-0.25, -0.2) is 9.88 Å². The third-order valence-electron chi connectivity index (χ3n) is 4.87. The number of hydrogen-bond acceptors (Lipinski definition) is 5. The molecule has 2 aromatic carbocycles. The zero-order valence-corrected chi connectivity index (χ0v) is 17.5. The highest BCUT2D eigenvalue weighted by Crippen LogP contribution is 2.44. The number of amides is 1. The van der Waals surface area contributed by atoms with Crippen molar-refractivity contribution < 1.29 is 13.6 Å². The van der Waals surface area contributed by atoms with Crippen LogP contribution in [0.15, 0.2) is 53.7 Å². The fraction of sp³-hybridized carbons (Fsp3) is 0.158. The van der Waals surface area contributed by atoms with Crippen LogP contribution in [0, 0.1) is 0 Å². The van der Waals surface area contributed by atoms with Gasteiger partial charge in [-0.1, -0.05) is 35.3 Å². The van der Waals surface area contributed by atoms with Crippen LogP contribution in [0.3, 0.4) is 0 Å². The van der Waals surface area contributed by atoms with Crippen LogP contribution in [0.4, 0.5) is 17.3 Å². The molecule has 2 N–H and O–H groups in total. The Bertz CT molecular complexity index is 1130. The Hall–Kier alpha value is -2.39. The van der Waals surface area contributed by atoms with Crippen molar-refractivity contribution in [3.05, 3.63) is 64.3 Å². The van der Waals surface area contributed by atoms with Gasteiger partial charge in [0.25, 0.3) is 5.91 Å². The third kappa shape index (κ3) is 3.32. The third-order valence-corrected chi connectivity index (χ3v) is 5.94. The van der Waals surface area contributed by atoms with Gasteiger partial charge in [-0.3, -0.25) is 13.6 Å². The van der Waals surface area contributed by atoms with E-state index in [0.717, 1.165) is 5.56 Å². The van der Waals surface area contributed by atoms with Gasteiger partial charge in [-0.15, -0.1) is 0 Å². The Labute approximate surface area is 179 Å². The second-order valence-electron chi connectivity index (χ2n) is 6.93. The van der Waals surface area contributed by atoms with Gasteiger partial charge >= 0.3 is 0 Å². The Balaban J connectivity index is 1.89. The number of imidazole rings is 1. The summed E-state index contributed by atoms with van der Waals surface area (Å²) in [5.41, 5.74) is 6.34. The molecule has 0 saturated carbocycles. The molecule has 10 heteroatoms. The zero-order chi connectivity index (χ0) is 20.9. The topological polar surface area (TPSA) is 104 Å². The minimum absolute atomic E-state index is 0.0816. The van der Waals surface area contributed by atoms with Gasteiger partial charge in [0.15, 0.2) is 0 Å². The predicted molar refractivity (Wildman–Crippen MR) is 111 cm³/mol. The molecule has 150 valence electrons. The van der Waals surface area contributed by atoms with Crippen LogP contribution in [0.5, 0.6) is 0 Å². The summed E-state index contributed by atoms with van der Waals surface area (Å²) in [4.78, 5) is 19.1. The van der Waals surface area contributed by atoms with E-state index in [1.54, 1.807) is 49.4 Å². The van der Waals surface area contributed by atoms with Crippen molar-refractivity contribution in [2.24, 2.45) is 0 Å². The first kappa shape index (κ1) is 19.9. The molecule has 1 aromatic heterocycles. The fourth-order valence-electron chi connectivity index (χ4n) is 3.58. The molecule has 2 heterocycles. The van der Waals surface area contributed by atoms with Crippen molar-refractivity contribution in [3.8, 4) is 0 Å². The molecule has 0 fully saturated rings. The van der Waals surface area contributed by atoms with Gasteiger partial charge in [0.1, 0.15) is 10.6 Å². The maximum absolute atomic E-state index is 13.6. The minimum Gasteiger partial charge on any atom is -0.767 e. The van der Waals surface area contributed by atoms with Gasteiger partial charge in [-0.2, -0.15) is 0 Å². The molecule has 4 rings (SSSR count). The highest BCUT2D eigenvalue weighted by molar-refractivity contribution is 7.79. The Morgan fingerprint density at radius 1 is 1.17 bits per heavy atom. The van der Waals surface area contributed by atoms with E-state index in [2.05, 4.69) is 4.98 Å². The van der Waals surface area contributed by atoms with Crippen molar-refractivity contribution in [3.63, 3.8) is 0 Å². The summed E-state index contributed by atoms with van der Waals surface area (Å²) < 4.78 is 25.1. The first-order valence-corrected chi connectivity index (χ1v) is 10.4. The number of carbonyl (C=O) groups excluding carboxylic acids is 1. The van der Waals surface area contributed by atoms with Gasteiger partial charge in [0.2, 0.25) is 5.95 Å². The van der Waals surface area contributed by atoms with Gasteiger partial charge in [0.05, 0.1) is 11.9 Å². The predicted octanol–water partition coefficient (Wildman–Crippen LogP) is 3.65. The summed E-state index contributed by atoms with van der Waals surface area (Å²) in [7, 11) is 0. The summed E-state index contributed by atoms with van der Waals surface area (Å²) in [5, 5.41) is 0.609. The van der Waals surface area contributed by atoms with E-state index in [4.69, 9.17) is 28.9 Å². The second kappa shape index (κ2) is 7.14. The van der Waals surface area contributed by atoms with E-state index in [1.165, 1.54) is 15.7 Å². The lowest BCUT2D eigenvalue weighted by Crippen LogP contribution is -2.41. The molecule has 0 radical (unpaired) electrons. The van der Waals surface area contributed by atoms with Gasteiger partial charge in [-0.05, 0) is 53.9 Å². The monoisotopic (exact) mass is 449 g/mol. The molecule has 7 nitrogen and oxygen atoms in total. The fourth-order valence-corrected chi connectivity index (χ4v) is 4.67. The van der Waals surface area contributed by atoms with Gasteiger partial charge in [0, 0.05) is 22.2 Å². The summed E-state index contributed by atoms with van der Waals surface area (Å²) in [6.07, 6.45) is 1.47. The van der Waals surface area contributed by atoms with Crippen molar-refractivity contribution >= 4 is 57.5 Å². The van der Waals surface area contributed by atoms with E-state index in [9.17, 15) is 13.6 Å². The van der Waals surface area contributed by atoms with Crippen LogP contribution in [-0.4, -0.2) is 24.2 Å². The number of anilines is 3. The highest BCUT2D eigenvalue weighted by Gasteiger charge is 2.50. The average molecular weight is 450 g/mol. The minimum atomic E-state index is -2.58. The van der Waals surface area contributed by atoms with Crippen molar-refractivity contribution in [2.45, 2.75) is 23.9 Å². The average Bonchev–Trinajstić information content (AvgIpc) is 3.16. The number of aromatic nitrogens is 2. The van der Waals surface area contributed by atoms with E-state index in [-0.39, 0.29) is 23.3 Å². The second-order valence-corrected chi connectivity index (χ2v) is 8.69. The number of halogens is 2. The first-order valence-electron chi connectivity index (χ1n) is 8.53. The smallest absolute Gasteiger partial charge is 0.260 e. The highest BCUT2D eigenvalue weighted by atomic mass is 35.5.